The second-order valence-electron chi connectivity index (χ2n) is 7.62. The summed E-state index contributed by atoms with van der Waals surface area (Å²) in [7, 11) is -3.16. The minimum atomic E-state index is -3.16. The molecule has 1 saturated heterocycles. The van der Waals surface area contributed by atoms with Crippen LogP contribution >= 0.6 is 0 Å². The number of sulfone groups is 1. The van der Waals surface area contributed by atoms with Crippen LogP contribution in [0.25, 0.3) is 5.69 Å². The standard InChI is InChI=1S/C20H23FN2O5S/c1-13-10-17(14(2)23(13)16-6-4-15(21)5-7-16)19(25)28-11-18(24)22-20(3)8-9-29(26,27)12-20/h4-7,10H,8-9,11-12H2,1-3H3,(H,22,24)/t20-/m0/s1. The van der Waals surface area contributed by atoms with Crippen LogP contribution < -0.4 is 5.32 Å². The van der Waals surface area contributed by atoms with Crippen molar-refractivity contribution in [1.29, 1.82) is 0 Å². The van der Waals surface area contributed by atoms with E-state index in [1.165, 1.54) is 12.1 Å². The molecule has 3 rings (SSSR count). The highest BCUT2D eigenvalue weighted by Crippen LogP contribution is 2.23. The Morgan fingerprint density at radius 3 is 2.48 bits per heavy atom. The lowest BCUT2D eigenvalue weighted by atomic mass is 10.0. The van der Waals surface area contributed by atoms with Gasteiger partial charge in [-0.25, -0.2) is 17.6 Å². The number of hydrogen-bond donors (Lipinski definition) is 1. The Morgan fingerprint density at radius 2 is 1.90 bits per heavy atom. The lowest BCUT2D eigenvalue weighted by Gasteiger charge is -2.23. The summed E-state index contributed by atoms with van der Waals surface area (Å²) in [5.74, 6) is -1.67. The fourth-order valence-corrected chi connectivity index (χ4v) is 5.74. The van der Waals surface area contributed by atoms with Crippen LogP contribution in [0.5, 0.6) is 0 Å². The van der Waals surface area contributed by atoms with Gasteiger partial charge in [-0.2, -0.15) is 0 Å². The molecular formula is C20H23FN2O5S. The fraction of sp³-hybridized carbons (Fsp3) is 0.400. The number of aryl methyl sites for hydroxylation is 1. The number of halogens is 1. The zero-order valence-corrected chi connectivity index (χ0v) is 17.3. The van der Waals surface area contributed by atoms with Crippen LogP contribution in [0.15, 0.2) is 30.3 Å². The predicted octanol–water partition coefficient (Wildman–Crippen LogP) is 2.08. The van der Waals surface area contributed by atoms with Crippen molar-refractivity contribution in [3.05, 3.63) is 53.1 Å². The SMILES string of the molecule is Cc1cc(C(=O)OCC(=O)N[C@@]2(C)CCS(=O)(=O)C2)c(C)n1-c1ccc(F)cc1. The molecule has 1 aliphatic rings. The molecule has 1 atom stereocenters. The molecule has 0 aliphatic carbocycles. The van der Waals surface area contributed by atoms with Gasteiger partial charge in [-0.3, -0.25) is 4.79 Å². The molecule has 0 saturated carbocycles. The lowest BCUT2D eigenvalue weighted by Crippen LogP contribution is -2.48. The highest BCUT2D eigenvalue weighted by Gasteiger charge is 2.39. The van der Waals surface area contributed by atoms with Gasteiger partial charge in [-0.1, -0.05) is 0 Å². The molecule has 0 bridgehead atoms. The summed E-state index contributed by atoms with van der Waals surface area (Å²) in [4.78, 5) is 24.6. The van der Waals surface area contributed by atoms with Crippen LogP contribution in [0.4, 0.5) is 4.39 Å². The third kappa shape index (κ3) is 4.67. The number of amides is 1. The zero-order chi connectivity index (χ0) is 21.4. The van der Waals surface area contributed by atoms with E-state index in [1.54, 1.807) is 43.5 Å². The van der Waals surface area contributed by atoms with Gasteiger partial charge in [0, 0.05) is 17.1 Å². The molecule has 7 nitrogen and oxygen atoms in total. The molecule has 1 aliphatic heterocycles. The Hall–Kier alpha value is -2.68. The monoisotopic (exact) mass is 422 g/mol. The summed E-state index contributed by atoms with van der Waals surface area (Å²) in [5.41, 5.74) is 1.52. The van der Waals surface area contributed by atoms with Gasteiger partial charge in [0.25, 0.3) is 5.91 Å². The maximum Gasteiger partial charge on any atom is 0.340 e. The van der Waals surface area contributed by atoms with Gasteiger partial charge in [0.1, 0.15) is 5.82 Å². The number of hydrogen-bond acceptors (Lipinski definition) is 5. The third-order valence-corrected chi connectivity index (χ3v) is 6.92. The fourth-order valence-electron chi connectivity index (χ4n) is 3.65. The number of benzene rings is 1. The van der Waals surface area contributed by atoms with E-state index in [4.69, 9.17) is 4.74 Å². The van der Waals surface area contributed by atoms with Gasteiger partial charge >= 0.3 is 5.97 Å². The predicted molar refractivity (Wildman–Crippen MR) is 105 cm³/mol. The van der Waals surface area contributed by atoms with E-state index in [1.807, 2.05) is 0 Å². The Kier molecular flexibility index (Phi) is 5.53. The van der Waals surface area contributed by atoms with E-state index in [2.05, 4.69) is 5.32 Å². The Morgan fingerprint density at radius 1 is 1.24 bits per heavy atom. The van der Waals surface area contributed by atoms with Gasteiger partial charge in [0.2, 0.25) is 0 Å². The normalized spacial score (nSPS) is 20.4. The lowest BCUT2D eigenvalue weighted by molar-refractivity contribution is -0.125. The summed E-state index contributed by atoms with van der Waals surface area (Å²) in [6.07, 6.45) is 0.327. The summed E-state index contributed by atoms with van der Waals surface area (Å²) < 4.78 is 43.3. The molecular weight excluding hydrogens is 399 g/mol. The molecule has 0 spiro atoms. The van der Waals surface area contributed by atoms with Crippen molar-refractivity contribution in [2.45, 2.75) is 32.7 Å². The maximum absolute atomic E-state index is 13.2. The molecule has 0 unspecified atom stereocenters. The molecule has 29 heavy (non-hydrogen) atoms. The molecule has 2 heterocycles. The van der Waals surface area contributed by atoms with Crippen LogP contribution in [-0.2, 0) is 19.4 Å². The number of esters is 1. The van der Waals surface area contributed by atoms with Crippen molar-refractivity contribution in [3.63, 3.8) is 0 Å². The minimum Gasteiger partial charge on any atom is -0.452 e. The van der Waals surface area contributed by atoms with Crippen molar-refractivity contribution in [2.24, 2.45) is 0 Å². The number of aromatic nitrogens is 1. The molecule has 1 amide bonds. The van der Waals surface area contributed by atoms with Crippen molar-refractivity contribution in [3.8, 4) is 5.69 Å². The molecule has 1 N–H and O–H groups in total. The molecule has 2 aromatic rings. The molecule has 1 fully saturated rings. The van der Waals surface area contributed by atoms with Gasteiger partial charge < -0.3 is 14.6 Å². The van der Waals surface area contributed by atoms with Crippen LogP contribution in [0.2, 0.25) is 0 Å². The van der Waals surface area contributed by atoms with Crippen molar-refractivity contribution < 1.29 is 27.1 Å². The number of carbonyl (C=O) groups excluding carboxylic acids is 2. The first kappa shape index (κ1) is 21.0. The van der Waals surface area contributed by atoms with E-state index in [0.717, 1.165) is 5.69 Å². The quantitative estimate of drug-likeness (QED) is 0.745. The van der Waals surface area contributed by atoms with Crippen LogP contribution in [0, 0.1) is 19.7 Å². The van der Waals surface area contributed by atoms with E-state index < -0.39 is 33.9 Å². The highest BCUT2D eigenvalue weighted by atomic mass is 32.2. The maximum atomic E-state index is 13.2. The first-order chi connectivity index (χ1) is 13.5. The largest absolute Gasteiger partial charge is 0.452 e. The number of nitrogens with zero attached hydrogens (tertiary/aromatic N) is 1. The second kappa shape index (κ2) is 7.62. The number of nitrogens with one attached hydrogen (secondary N) is 1. The summed E-state index contributed by atoms with van der Waals surface area (Å²) >= 11 is 0. The molecule has 0 radical (unpaired) electrons. The van der Waals surface area contributed by atoms with E-state index in [-0.39, 0.29) is 17.3 Å². The third-order valence-electron chi connectivity index (χ3n) is 5.01. The van der Waals surface area contributed by atoms with Crippen molar-refractivity contribution >= 4 is 21.7 Å². The molecule has 156 valence electrons. The number of carbonyl (C=O) groups is 2. The highest BCUT2D eigenvalue weighted by molar-refractivity contribution is 7.91. The van der Waals surface area contributed by atoms with E-state index in [9.17, 15) is 22.4 Å². The second-order valence-corrected chi connectivity index (χ2v) is 9.81. The average Bonchev–Trinajstić information content (AvgIpc) is 3.08. The Labute approximate surface area is 168 Å². The summed E-state index contributed by atoms with van der Waals surface area (Å²) in [6.45, 7) is 4.70. The topological polar surface area (TPSA) is 94.5 Å². The van der Waals surface area contributed by atoms with Gasteiger partial charge in [0.15, 0.2) is 16.4 Å². The number of rotatable bonds is 5. The van der Waals surface area contributed by atoms with Crippen LogP contribution in [0.3, 0.4) is 0 Å². The van der Waals surface area contributed by atoms with Crippen LogP contribution in [-0.4, -0.2) is 48.5 Å². The van der Waals surface area contributed by atoms with Crippen molar-refractivity contribution in [2.75, 3.05) is 18.1 Å². The first-order valence-corrected chi connectivity index (χ1v) is 11.0. The smallest absolute Gasteiger partial charge is 0.340 e. The van der Waals surface area contributed by atoms with Crippen molar-refractivity contribution in [1.82, 2.24) is 9.88 Å². The minimum absolute atomic E-state index is 0.0267. The van der Waals surface area contributed by atoms with Crippen LogP contribution in [0.1, 0.15) is 35.1 Å². The molecule has 1 aromatic heterocycles. The number of ether oxygens (including phenoxy) is 1. The van der Waals surface area contributed by atoms with Gasteiger partial charge in [-0.15, -0.1) is 0 Å². The Bertz CT molecular complexity index is 1060. The van der Waals surface area contributed by atoms with E-state index in [0.29, 0.717) is 23.4 Å². The Balaban J connectivity index is 1.66. The zero-order valence-electron chi connectivity index (χ0n) is 16.5. The first-order valence-electron chi connectivity index (χ1n) is 9.13. The van der Waals surface area contributed by atoms with Gasteiger partial charge in [0.05, 0.1) is 22.6 Å². The molecule has 1 aromatic carbocycles. The average molecular weight is 422 g/mol. The summed E-state index contributed by atoms with van der Waals surface area (Å²) in [5, 5.41) is 2.64. The molecule has 9 heteroatoms. The summed E-state index contributed by atoms with van der Waals surface area (Å²) in [6, 6.07) is 7.52. The van der Waals surface area contributed by atoms with E-state index >= 15 is 0 Å². The van der Waals surface area contributed by atoms with Gasteiger partial charge in [-0.05, 0) is 57.5 Å².